The van der Waals surface area contributed by atoms with E-state index in [1.54, 1.807) is 17.0 Å². The Kier molecular flexibility index (Phi) is 11.5. The quantitative estimate of drug-likeness (QED) is 0.0777. The Balaban J connectivity index is 1.27. The third-order valence-electron chi connectivity index (χ3n) is 8.29. The van der Waals surface area contributed by atoms with Gasteiger partial charge in [-0.05, 0) is 78.9 Å². The Morgan fingerprint density at radius 3 is 2.13 bits per heavy atom. The number of ether oxygens (including phenoxy) is 1. The van der Waals surface area contributed by atoms with Gasteiger partial charge in [0.05, 0.1) is 11.3 Å². The molecule has 0 saturated heterocycles. The summed E-state index contributed by atoms with van der Waals surface area (Å²) in [6.45, 7) is 7.29. The van der Waals surface area contributed by atoms with Crippen molar-refractivity contribution in [1.29, 1.82) is 0 Å². The highest BCUT2D eigenvalue weighted by Crippen LogP contribution is 2.32. The largest absolute Gasteiger partial charge is 0.467 e. The number of carbonyl (C=O) groups excluding carboxylic acids is 1. The van der Waals surface area contributed by atoms with Crippen LogP contribution in [0.2, 0.25) is 0 Å². The van der Waals surface area contributed by atoms with E-state index in [0.717, 1.165) is 72.4 Å². The molecule has 0 spiro atoms. The maximum absolute atomic E-state index is 13.6. The van der Waals surface area contributed by atoms with Gasteiger partial charge in [-0.15, -0.1) is 0 Å². The number of nitrogens with zero attached hydrogens (tertiary/aromatic N) is 4. The number of benzene rings is 3. The minimum absolute atomic E-state index is 0.171. The molecule has 0 saturated carbocycles. The van der Waals surface area contributed by atoms with Gasteiger partial charge in [0, 0.05) is 31.0 Å². The van der Waals surface area contributed by atoms with Crippen molar-refractivity contribution in [2.75, 3.05) is 32.8 Å². The third kappa shape index (κ3) is 9.32. The number of likely N-dealkylation sites (N-methyl/N-ethyl adjacent to an activating group) is 1. The molecule has 0 bridgehead atoms. The zero-order valence-electron chi connectivity index (χ0n) is 26.5. The first-order valence-electron chi connectivity index (χ1n) is 15.8. The third-order valence-corrected chi connectivity index (χ3v) is 9.21. The number of halogens is 4. The van der Waals surface area contributed by atoms with Crippen LogP contribution < -0.4 is 4.74 Å². The number of alkyl halides is 3. The van der Waals surface area contributed by atoms with Gasteiger partial charge in [0.2, 0.25) is 5.88 Å². The molecule has 0 radical (unpaired) electrons. The average Bonchev–Trinajstić information content (AvgIpc) is 3.56. The highest BCUT2D eigenvalue weighted by Gasteiger charge is 2.30. The minimum Gasteiger partial charge on any atom is -0.467 e. The number of rotatable bonds is 14. The van der Waals surface area contributed by atoms with Crippen LogP contribution in [0.1, 0.15) is 48.2 Å². The lowest BCUT2D eigenvalue weighted by atomic mass is 10.0. The molecule has 1 amide bonds. The van der Waals surface area contributed by atoms with Gasteiger partial charge in [0.15, 0.2) is 11.8 Å². The maximum atomic E-state index is 13.6. The molecule has 4 aromatic rings. The second-order valence-electron chi connectivity index (χ2n) is 11.4. The van der Waals surface area contributed by atoms with Crippen molar-refractivity contribution in [3.63, 3.8) is 0 Å². The number of aromatic nitrogens is 2. The SMILES string of the molecule is CCN(CC)CCN(Cc1ccc(-c2ccc(C(F)(F)F)cc2)cc1)C(=O)COc1nc(SCc2ccc(F)cc2)nc2c1CCC2. The van der Waals surface area contributed by atoms with Crippen molar-refractivity contribution in [2.45, 2.75) is 56.7 Å². The zero-order chi connectivity index (χ0) is 33.4. The molecule has 1 aliphatic rings. The second kappa shape index (κ2) is 15.8. The fourth-order valence-corrected chi connectivity index (χ4v) is 6.29. The smallest absolute Gasteiger partial charge is 0.416 e. The summed E-state index contributed by atoms with van der Waals surface area (Å²) < 4.78 is 58.4. The molecule has 6 nitrogen and oxygen atoms in total. The van der Waals surface area contributed by atoms with Crippen LogP contribution in [0.15, 0.2) is 78.0 Å². The van der Waals surface area contributed by atoms with Gasteiger partial charge in [-0.25, -0.2) is 9.37 Å². The van der Waals surface area contributed by atoms with E-state index in [0.29, 0.717) is 42.0 Å². The van der Waals surface area contributed by atoms with E-state index in [-0.39, 0.29) is 18.3 Å². The molecule has 11 heteroatoms. The van der Waals surface area contributed by atoms with Crippen LogP contribution in [0.3, 0.4) is 0 Å². The fraction of sp³-hybridized carbons (Fsp3) is 0.361. The van der Waals surface area contributed by atoms with E-state index in [1.807, 2.05) is 24.3 Å². The zero-order valence-corrected chi connectivity index (χ0v) is 27.3. The number of hydrogen-bond acceptors (Lipinski definition) is 6. The van der Waals surface area contributed by atoms with Gasteiger partial charge in [0.25, 0.3) is 5.91 Å². The Morgan fingerprint density at radius 1 is 0.851 bits per heavy atom. The Hall–Kier alpha value is -3.96. The van der Waals surface area contributed by atoms with Gasteiger partial charge in [0.1, 0.15) is 5.82 Å². The van der Waals surface area contributed by atoms with E-state index >= 15 is 0 Å². The lowest BCUT2D eigenvalue weighted by molar-refractivity contribution is -0.137. The predicted octanol–water partition coefficient (Wildman–Crippen LogP) is 7.83. The molecular weight excluding hydrogens is 628 g/mol. The molecule has 1 aliphatic carbocycles. The highest BCUT2D eigenvalue weighted by atomic mass is 32.2. The number of hydrogen-bond donors (Lipinski definition) is 0. The maximum Gasteiger partial charge on any atom is 0.416 e. The van der Waals surface area contributed by atoms with Gasteiger partial charge < -0.3 is 14.5 Å². The summed E-state index contributed by atoms with van der Waals surface area (Å²) >= 11 is 1.44. The van der Waals surface area contributed by atoms with Crippen molar-refractivity contribution in [3.05, 3.63) is 107 Å². The monoisotopic (exact) mass is 666 g/mol. The number of fused-ring (bicyclic) bond motifs is 1. The van der Waals surface area contributed by atoms with Gasteiger partial charge in [-0.2, -0.15) is 18.2 Å². The van der Waals surface area contributed by atoms with E-state index in [2.05, 4.69) is 23.7 Å². The molecule has 47 heavy (non-hydrogen) atoms. The number of aryl methyl sites for hydroxylation is 1. The number of carbonyl (C=O) groups is 1. The first kappa shape index (κ1) is 34.4. The topological polar surface area (TPSA) is 58.6 Å². The molecule has 5 rings (SSSR count). The summed E-state index contributed by atoms with van der Waals surface area (Å²) in [4.78, 5) is 27.1. The van der Waals surface area contributed by atoms with Crippen LogP contribution in [0.25, 0.3) is 11.1 Å². The molecule has 248 valence electrons. The fourth-order valence-electron chi connectivity index (χ4n) is 5.48. The van der Waals surface area contributed by atoms with Crippen molar-refractivity contribution < 1.29 is 27.1 Å². The standard InChI is InChI=1S/C36H38F4N4O2S/c1-3-43(4-2)20-21-44(22-25-8-12-27(13-9-25)28-14-16-29(17-15-28)36(38,39)40)33(45)23-46-34-31-6-5-7-32(31)41-35(42-34)47-24-26-10-18-30(37)19-11-26/h8-19H,3-7,20-24H2,1-2H3. The first-order chi connectivity index (χ1) is 22.6. The average molecular weight is 667 g/mol. The lowest BCUT2D eigenvalue weighted by Gasteiger charge is -2.27. The second-order valence-corrected chi connectivity index (χ2v) is 12.4. The van der Waals surface area contributed by atoms with Crippen LogP contribution in [0.5, 0.6) is 5.88 Å². The molecule has 0 unspecified atom stereocenters. The van der Waals surface area contributed by atoms with Gasteiger partial charge in [-0.1, -0.05) is 74.1 Å². The first-order valence-corrected chi connectivity index (χ1v) is 16.8. The summed E-state index contributed by atoms with van der Waals surface area (Å²) in [5.41, 5.74) is 4.52. The Labute approximate surface area is 277 Å². The Morgan fingerprint density at radius 2 is 1.49 bits per heavy atom. The van der Waals surface area contributed by atoms with E-state index < -0.39 is 11.7 Å². The molecule has 3 aromatic carbocycles. The Bertz CT molecular complexity index is 1630. The summed E-state index contributed by atoms with van der Waals surface area (Å²) in [6.07, 6.45) is -1.82. The molecule has 0 fully saturated rings. The van der Waals surface area contributed by atoms with Crippen molar-refractivity contribution in [2.24, 2.45) is 0 Å². The van der Waals surface area contributed by atoms with Crippen molar-refractivity contribution in [1.82, 2.24) is 19.8 Å². The van der Waals surface area contributed by atoms with Crippen molar-refractivity contribution >= 4 is 17.7 Å². The van der Waals surface area contributed by atoms with Crippen molar-refractivity contribution in [3.8, 4) is 17.0 Å². The summed E-state index contributed by atoms with van der Waals surface area (Å²) in [5, 5.41) is 0.559. The summed E-state index contributed by atoms with van der Waals surface area (Å²) in [5.74, 6) is 0.560. The molecule has 0 aliphatic heterocycles. The van der Waals surface area contributed by atoms with Crippen LogP contribution in [0, 0.1) is 5.82 Å². The highest BCUT2D eigenvalue weighted by molar-refractivity contribution is 7.98. The molecule has 1 aromatic heterocycles. The molecule has 0 atom stereocenters. The van der Waals surface area contributed by atoms with E-state index in [1.165, 1.54) is 36.0 Å². The lowest BCUT2D eigenvalue weighted by Crippen LogP contribution is -2.40. The molecule has 0 N–H and O–H groups in total. The summed E-state index contributed by atoms with van der Waals surface area (Å²) in [7, 11) is 0. The van der Waals surface area contributed by atoms with Crippen LogP contribution in [0.4, 0.5) is 17.6 Å². The molecule has 1 heterocycles. The predicted molar refractivity (Wildman–Crippen MR) is 176 cm³/mol. The van der Waals surface area contributed by atoms with E-state index in [4.69, 9.17) is 9.72 Å². The number of amides is 1. The minimum atomic E-state index is -4.38. The van der Waals surface area contributed by atoms with Crippen LogP contribution in [-0.2, 0) is 36.1 Å². The van der Waals surface area contributed by atoms with E-state index in [9.17, 15) is 22.4 Å². The molecular formula is C36H38F4N4O2S. The normalized spacial score (nSPS) is 12.7. The number of thioether (sulfide) groups is 1. The summed E-state index contributed by atoms with van der Waals surface area (Å²) in [6, 6.07) is 18.9. The van der Waals surface area contributed by atoms with Crippen LogP contribution in [-0.4, -0.2) is 58.5 Å². The van der Waals surface area contributed by atoms with Crippen LogP contribution >= 0.6 is 11.8 Å². The van der Waals surface area contributed by atoms with Gasteiger partial charge >= 0.3 is 6.18 Å². The van der Waals surface area contributed by atoms with Gasteiger partial charge in [-0.3, -0.25) is 4.79 Å².